The second kappa shape index (κ2) is 7.61. The fraction of sp³-hybridized carbons (Fsp3) is 0.333. The van der Waals surface area contributed by atoms with Crippen LogP contribution in [0.3, 0.4) is 0 Å². The van der Waals surface area contributed by atoms with Crippen LogP contribution in [0.2, 0.25) is 5.02 Å². The van der Waals surface area contributed by atoms with Crippen molar-refractivity contribution in [3.05, 3.63) is 75.2 Å². The minimum Gasteiger partial charge on any atom is -0.483 e. The summed E-state index contributed by atoms with van der Waals surface area (Å²) in [5.74, 6) is 1.66. The molecule has 27 heavy (non-hydrogen) atoms. The molecule has 1 aromatic carbocycles. The van der Waals surface area contributed by atoms with Crippen LogP contribution >= 0.6 is 11.6 Å². The van der Waals surface area contributed by atoms with Crippen LogP contribution in [0.25, 0.3) is 0 Å². The number of allylic oxidation sites excluding steroid dienone is 2. The third-order valence-electron chi connectivity index (χ3n) is 5.35. The number of hydrogen-bond acceptors (Lipinski definition) is 3. The van der Waals surface area contributed by atoms with Gasteiger partial charge in [0.25, 0.3) is 5.91 Å². The number of carbonyl (C=O) groups is 1. The molecule has 3 atom stereocenters. The van der Waals surface area contributed by atoms with E-state index in [4.69, 9.17) is 16.3 Å². The molecule has 1 fully saturated rings. The van der Waals surface area contributed by atoms with Gasteiger partial charge in [0.1, 0.15) is 12.3 Å². The van der Waals surface area contributed by atoms with Crippen LogP contribution in [-0.4, -0.2) is 17.4 Å². The highest BCUT2D eigenvalue weighted by Gasteiger charge is 2.35. The van der Waals surface area contributed by atoms with Crippen molar-refractivity contribution in [2.75, 3.05) is 6.54 Å². The third kappa shape index (κ3) is 4.08. The molecule has 2 bridgehead atoms. The van der Waals surface area contributed by atoms with Crippen LogP contribution in [0.1, 0.15) is 28.9 Å². The summed E-state index contributed by atoms with van der Waals surface area (Å²) >= 11 is 5.94. The van der Waals surface area contributed by atoms with E-state index in [2.05, 4.69) is 22.5 Å². The molecule has 1 aromatic heterocycles. The Morgan fingerprint density at radius 2 is 2.15 bits per heavy atom. The van der Waals surface area contributed by atoms with Crippen molar-refractivity contribution in [2.45, 2.75) is 19.4 Å². The number of hydrogen-bond donors (Lipinski definition) is 2. The number of rotatable bonds is 6. The van der Waals surface area contributed by atoms with Gasteiger partial charge in [0.2, 0.25) is 5.43 Å². The lowest BCUT2D eigenvalue weighted by atomic mass is 9.93. The van der Waals surface area contributed by atoms with Crippen molar-refractivity contribution in [1.29, 1.82) is 0 Å². The van der Waals surface area contributed by atoms with E-state index >= 15 is 0 Å². The predicted molar refractivity (Wildman–Crippen MR) is 104 cm³/mol. The number of halogens is 1. The number of carbonyl (C=O) groups excluding carboxylic acids is 1. The van der Waals surface area contributed by atoms with Crippen molar-refractivity contribution in [3.63, 3.8) is 0 Å². The van der Waals surface area contributed by atoms with Crippen LogP contribution in [0.15, 0.2) is 53.5 Å². The number of H-pyrrole nitrogens is 1. The van der Waals surface area contributed by atoms with Crippen molar-refractivity contribution >= 4 is 17.5 Å². The van der Waals surface area contributed by atoms with E-state index in [1.807, 2.05) is 12.1 Å². The molecule has 140 valence electrons. The van der Waals surface area contributed by atoms with Gasteiger partial charge in [0.15, 0.2) is 5.75 Å². The maximum atomic E-state index is 12.3. The molecule has 5 nitrogen and oxygen atoms in total. The molecule has 0 radical (unpaired) electrons. The molecule has 0 saturated heterocycles. The van der Waals surface area contributed by atoms with Gasteiger partial charge in [-0.3, -0.25) is 9.59 Å². The summed E-state index contributed by atoms with van der Waals surface area (Å²) in [6.45, 7) is 0.867. The SMILES string of the molecule is O=C(NC[C@@H]1C[C@H]2C=C[C@@H]1C2)c1cc(=O)c(OCc2cccc(Cl)c2)c[nH]1. The number of benzene rings is 1. The molecule has 2 N–H and O–H groups in total. The number of fused-ring (bicyclic) bond motifs is 2. The minimum atomic E-state index is -0.330. The van der Waals surface area contributed by atoms with Crippen LogP contribution in [0.4, 0.5) is 0 Å². The molecule has 0 spiro atoms. The molecule has 1 saturated carbocycles. The zero-order valence-corrected chi connectivity index (χ0v) is 15.5. The molecule has 0 aliphatic heterocycles. The average molecular weight is 385 g/mol. The van der Waals surface area contributed by atoms with Gasteiger partial charge in [-0.2, -0.15) is 0 Å². The number of aromatic nitrogens is 1. The highest BCUT2D eigenvalue weighted by Crippen LogP contribution is 2.42. The first-order valence-electron chi connectivity index (χ1n) is 9.15. The van der Waals surface area contributed by atoms with Gasteiger partial charge >= 0.3 is 0 Å². The van der Waals surface area contributed by atoms with Crippen molar-refractivity contribution < 1.29 is 9.53 Å². The Bertz CT molecular complexity index is 937. The molecule has 2 aliphatic carbocycles. The maximum Gasteiger partial charge on any atom is 0.267 e. The number of nitrogens with one attached hydrogen (secondary N) is 2. The van der Waals surface area contributed by atoms with Crippen LogP contribution in [0.5, 0.6) is 5.75 Å². The number of pyridine rings is 1. The summed E-state index contributed by atoms with van der Waals surface area (Å²) in [6.07, 6.45) is 8.31. The largest absolute Gasteiger partial charge is 0.483 e. The standard InChI is InChI=1S/C21H21ClN2O3/c22-17-3-1-2-14(8-17)12-27-20-11-23-18(9-19(20)25)21(26)24-10-16-7-13-4-5-15(16)6-13/h1-5,8-9,11,13,15-16H,6-7,10,12H2,(H,23,25)(H,24,26)/t13-,15+,16-/m0/s1. The van der Waals surface area contributed by atoms with Crippen LogP contribution in [0, 0.1) is 17.8 Å². The zero-order valence-electron chi connectivity index (χ0n) is 14.8. The van der Waals surface area contributed by atoms with Gasteiger partial charge < -0.3 is 15.0 Å². The molecular formula is C21H21ClN2O3. The molecule has 6 heteroatoms. The quantitative estimate of drug-likeness (QED) is 0.748. The lowest BCUT2D eigenvalue weighted by Gasteiger charge is -2.18. The van der Waals surface area contributed by atoms with Crippen molar-refractivity contribution in [3.8, 4) is 5.75 Å². The summed E-state index contributed by atoms with van der Waals surface area (Å²) in [6, 6.07) is 8.53. The zero-order chi connectivity index (χ0) is 18.8. The molecule has 1 heterocycles. The summed E-state index contributed by atoms with van der Waals surface area (Å²) in [5.41, 5.74) is 0.779. The minimum absolute atomic E-state index is 0.171. The Hall–Kier alpha value is -2.53. The fourth-order valence-electron chi connectivity index (χ4n) is 3.94. The van der Waals surface area contributed by atoms with E-state index in [0.29, 0.717) is 29.3 Å². The monoisotopic (exact) mass is 384 g/mol. The van der Waals surface area contributed by atoms with Gasteiger partial charge in [-0.05, 0) is 48.3 Å². The van der Waals surface area contributed by atoms with Gasteiger partial charge in [-0.15, -0.1) is 0 Å². The Morgan fingerprint density at radius 1 is 1.26 bits per heavy atom. The topological polar surface area (TPSA) is 71.2 Å². The second-order valence-electron chi connectivity index (χ2n) is 7.24. The van der Waals surface area contributed by atoms with Gasteiger partial charge in [-0.25, -0.2) is 0 Å². The third-order valence-corrected chi connectivity index (χ3v) is 5.58. The summed E-state index contributed by atoms with van der Waals surface area (Å²) in [7, 11) is 0. The molecule has 0 unspecified atom stereocenters. The highest BCUT2D eigenvalue weighted by atomic mass is 35.5. The predicted octanol–water partition coefficient (Wildman–Crippen LogP) is 3.55. The molecule has 1 amide bonds. The first-order valence-corrected chi connectivity index (χ1v) is 9.53. The van der Waals surface area contributed by atoms with Crippen molar-refractivity contribution in [2.24, 2.45) is 17.8 Å². The first-order chi connectivity index (χ1) is 13.1. The van der Waals surface area contributed by atoms with E-state index in [0.717, 1.165) is 12.0 Å². The molecular weight excluding hydrogens is 364 g/mol. The van der Waals surface area contributed by atoms with E-state index in [-0.39, 0.29) is 29.4 Å². The number of amides is 1. The van der Waals surface area contributed by atoms with Crippen LogP contribution < -0.4 is 15.5 Å². The average Bonchev–Trinajstić information content (AvgIpc) is 3.28. The number of ether oxygens (including phenoxy) is 1. The van der Waals surface area contributed by atoms with Gasteiger partial charge in [0.05, 0.1) is 0 Å². The van der Waals surface area contributed by atoms with Gasteiger partial charge in [-0.1, -0.05) is 35.9 Å². The molecule has 4 rings (SSSR count). The Kier molecular flexibility index (Phi) is 5.03. The first kappa shape index (κ1) is 17.9. The lowest BCUT2D eigenvalue weighted by molar-refractivity contribution is 0.0940. The Morgan fingerprint density at radius 3 is 2.85 bits per heavy atom. The van der Waals surface area contributed by atoms with Crippen molar-refractivity contribution in [1.82, 2.24) is 10.3 Å². The second-order valence-corrected chi connectivity index (χ2v) is 7.68. The summed E-state index contributed by atoms with van der Waals surface area (Å²) < 4.78 is 5.55. The van der Waals surface area contributed by atoms with E-state index in [1.165, 1.54) is 18.7 Å². The normalized spacial score (nSPS) is 22.8. The summed E-state index contributed by atoms with van der Waals surface area (Å²) in [5, 5.41) is 3.55. The van der Waals surface area contributed by atoms with Crippen LogP contribution in [-0.2, 0) is 6.61 Å². The Labute approximate surface area is 162 Å². The highest BCUT2D eigenvalue weighted by molar-refractivity contribution is 6.30. The molecule has 2 aliphatic rings. The lowest BCUT2D eigenvalue weighted by Crippen LogP contribution is -2.32. The van der Waals surface area contributed by atoms with E-state index < -0.39 is 0 Å². The fourth-order valence-corrected chi connectivity index (χ4v) is 4.15. The smallest absolute Gasteiger partial charge is 0.267 e. The van der Waals surface area contributed by atoms with E-state index in [9.17, 15) is 9.59 Å². The van der Waals surface area contributed by atoms with E-state index in [1.54, 1.807) is 12.1 Å². The Balaban J connectivity index is 1.34. The van der Waals surface area contributed by atoms with Gasteiger partial charge in [0, 0.05) is 23.8 Å². The summed E-state index contributed by atoms with van der Waals surface area (Å²) in [4.78, 5) is 27.4. The molecule has 2 aromatic rings. The number of aromatic amines is 1. The maximum absolute atomic E-state index is 12.3.